The van der Waals surface area contributed by atoms with Crippen LogP contribution in [0, 0.1) is 12.8 Å². The largest absolute Gasteiger partial charge is 0.368 e. The molecule has 0 bridgehead atoms. The minimum Gasteiger partial charge on any atom is -0.368 e. The van der Waals surface area contributed by atoms with Gasteiger partial charge in [-0.1, -0.05) is 13.8 Å². The summed E-state index contributed by atoms with van der Waals surface area (Å²) in [5.74, 6) is 8.22. The van der Waals surface area contributed by atoms with Crippen LogP contribution in [-0.4, -0.2) is 29.0 Å². The molecule has 0 saturated heterocycles. The molecule has 7 nitrogen and oxygen atoms in total. The van der Waals surface area contributed by atoms with Gasteiger partial charge in [-0.2, -0.15) is 0 Å². The number of nitrogens with zero attached hydrogens (tertiary/aromatic N) is 2. The molecule has 21 heavy (non-hydrogen) atoms. The number of anilines is 2. The zero-order chi connectivity index (χ0) is 15.4. The van der Waals surface area contributed by atoms with Gasteiger partial charge in [-0.3, -0.25) is 4.79 Å². The van der Waals surface area contributed by atoms with E-state index in [0.29, 0.717) is 18.9 Å². The molecular formula is C14H24N6O. The molecule has 0 radical (unpaired) electrons. The highest BCUT2D eigenvalue weighted by molar-refractivity contribution is 5.80. The number of hydrogen-bond donors (Lipinski definition) is 4. The topological polar surface area (TPSA) is 105 Å². The summed E-state index contributed by atoms with van der Waals surface area (Å²) in [6.07, 6.45) is 2.04. The van der Waals surface area contributed by atoms with Gasteiger partial charge in [0.05, 0.1) is 0 Å². The Kier molecular flexibility index (Phi) is 4.95. The Hall–Kier alpha value is -1.89. The van der Waals surface area contributed by atoms with Crippen molar-refractivity contribution in [2.24, 2.45) is 11.8 Å². The van der Waals surface area contributed by atoms with E-state index in [-0.39, 0.29) is 17.7 Å². The predicted molar refractivity (Wildman–Crippen MR) is 82.9 cm³/mol. The van der Waals surface area contributed by atoms with Crippen LogP contribution >= 0.6 is 0 Å². The van der Waals surface area contributed by atoms with E-state index in [2.05, 4.69) is 26.0 Å². The molecule has 1 aromatic heterocycles. The van der Waals surface area contributed by atoms with Crippen molar-refractivity contribution in [3.63, 3.8) is 0 Å². The van der Waals surface area contributed by atoms with E-state index < -0.39 is 0 Å². The summed E-state index contributed by atoms with van der Waals surface area (Å²) in [6, 6.07) is 0. The van der Waals surface area contributed by atoms with Crippen molar-refractivity contribution in [1.82, 2.24) is 15.3 Å². The minimum absolute atomic E-state index is 0.156. The molecule has 1 heterocycles. The van der Waals surface area contributed by atoms with Gasteiger partial charge in [-0.15, -0.1) is 0 Å². The average molecular weight is 292 g/mol. The molecule has 1 fully saturated rings. The lowest BCUT2D eigenvalue weighted by Crippen LogP contribution is -2.30. The van der Waals surface area contributed by atoms with Crippen molar-refractivity contribution in [2.75, 3.05) is 23.8 Å². The Labute approximate surface area is 125 Å². The quantitative estimate of drug-likeness (QED) is 0.341. The van der Waals surface area contributed by atoms with Gasteiger partial charge in [0.2, 0.25) is 5.91 Å². The van der Waals surface area contributed by atoms with E-state index in [1.54, 1.807) is 0 Å². The maximum atomic E-state index is 11.5. The second-order valence-corrected chi connectivity index (χ2v) is 5.70. The van der Waals surface area contributed by atoms with Crippen molar-refractivity contribution < 1.29 is 4.79 Å². The maximum Gasteiger partial charge on any atom is 0.223 e. The SMILES string of the molecule is Cc1c(NN)nc(C(C)C)nc1NCCNC(=O)C1CC1. The number of rotatable bonds is 7. The lowest BCUT2D eigenvalue weighted by molar-refractivity contribution is -0.122. The molecule has 1 saturated carbocycles. The van der Waals surface area contributed by atoms with Crippen LogP contribution in [0.5, 0.6) is 0 Å². The fourth-order valence-electron chi connectivity index (χ4n) is 1.96. The molecule has 7 heteroatoms. The molecule has 0 spiro atoms. The molecule has 0 aliphatic heterocycles. The lowest BCUT2D eigenvalue weighted by atomic mass is 10.2. The van der Waals surface area contributed by atoms with Crippen molar-refractivity contribution >= 4 is 17.5 Å². The highest BCUT2D eigenvalue weighted by Gasteiger charge is 2.28. The molecule has 0 atom stereocenters. The number of carbonyl (C=O) groups excluding carboxylic acids is 1. The maximum absolute atomic E-state index is 11.5. The Morgan fingerprint density at radius 1 is 1.29 bits per heavy atom. The summed E-state index contributed by atoms with van der Waals surface area (Å²) in [6.45, 7) is 7.18. The Balaban J connectivity index is 1.94. The fourth-order valence-corrected chi connectivity index (χ4v) is 1.96. The van der Waals surface area contributed by atoms with Crippen molar-refractivity contribution in [2.45, 2.75) is 39.5 Å². The number of amides is 1. The summed E-state index contributed by atoms with van der Waals surface area (Å²) < 4.78 is 0. The summed E-state index contributed by atoms with van der Waals surface area (Å²) in [5.41, 5.74) is 3.47. The predicted octanol–water partition coefficient (Wildman–Crippen LogP) is 1.13. The first-order valence-corrected chi connectivity index (χ1v) is 7.39. The Morgan fingerprint density at radius 3 is 2.52 bits per heavy atom. The van der Waals surface area contributed by atoms with Crippen LogP contribution in [0.1, 0.15) is 44.0 Å². The van der Waals surface area contributed by atoms with Gasteiger partial charge in [0.15, 0.2) is 0 Å². The van der Waals surface area contributed by atoms with E-state index >= 15 is 0 Å². The van der Waals surface area contributed by atoms with Crippen LogP contribution in [0.25, 0.3) is 0 Å². The van der Waals surface area contributed by atoms with E-state index in [4.69, 9.17) is 5.84 Å². The zero-order valence-corrected chi connectivity index (χ0v) is 12.9. The van der Waals surface area contributed by atoms with Crippen LogP contribution in [0.3, 0.4) is 0 Å². The number of aromatic nitrogens is 2. The van der Waals surface area contributed by atoms with Crippen LogP contribution in [0.4, 0.5) is 11.6 Å². The van der Waals surface area contributed by atoms with E-state index in [9.17, 15) is 4.79 Å². The van der Waals surface area contributed by atoms with Crippen LogP contribution in [-0.2, 0) is 4.79 Å². The summed E-state index contributed by atoms with van der Waals surface area (Å²) in [4.78, 5) is 20.4. The molecule has 1 aromatic rings. The first-order chi connectivity index (χ1) is 10.0. The average Bonchev–Trinajstić information content (AvgIpc) is 3.29. The number of hydrazine groups is 1. The molecule has 0 aromatic carbocycles. The molecule has 116 valence electrons. The molecule has 1 aliphatic carbocycles. The standard InChI is InChI=1S/C14H24N6O/c1-8(2)11-18-12(9(3)13(19-11)20-15)16-6-7-17-14(21)10-4-5-10/h8,10H,4-7,15H2,1-3H3,(H,17,21)(H2,16,18,19,20). The molecule has 1 aliphatic rings. The van der Waals surface area contributed by atoms with Gasteiger partial charge in [-0.05, 0) is 19.8 Å². The van der Waals surface area contributed by atoms with Gasteiger partial charge in [0.25, 0.3) is 0 Å². The van der Waals surface area contributed by atoms with Crippen LogP contribution in [0.2, 0.25) is 0 Å². The number of nitrogens with two attached hydrogens (primary N) is 1. The molecular weight excluding hydrogens is 268 g/mol. The minimum atomic E-state index is 0.156. The molecule has 2 rings (SSSR count). The molecule has 1 amide bonds. The molecule has 0 unspecified atom stereocenters. The van der Waals surface area contributed by atoms with Gasteiger partial charge in [0.1, 0.15) is 17.5 Å². The van der Waals surface area contributed by atoms with E-state index in [1.807, 2.05) is 20.8 Å². The smallest absolute Gasteiger partial charge is 0.223 e. The summed E-state index contributed by atoms with van der Waals surface area (Å²) in [5, 5.41) is 6.15. The monoisotopic (exact) mass is 292 g/mol. The highest BCUT2D eigenvalue weighted by Crippen LogP contribution is 2.28. The third-order valence-electron chi connectivity index (χ3n) is 3.48. The Bertz CT molecular complexity index is 512. The summed E-state index contributed by atoms with van der Waals surface area (Å²) in [7, 11) is 0. The van der Waals surface area contributed by atoms with Crippen molar-refractivity contribution in [3.8, 4) is 0 Å². The fraction of sp³-hybridized carbons (Fsp3) is 0.643. The normalized spacial score (nSPS) is 14.1. The molecule has 5 N–H and O–H groups in total. The number of nitrogen functional groups attached to an aromatic ring is 1. The third kappa shape index (κ3) is 4.04. The van der Waals surface area contributed by atoms with Gasteiger partial charge < -0.3 is 16.1 Å². The van der Waals surface area contributed by atoms with Crippen molar-refractivity contribution in [1.29, 1.82) is 0 Å². The van der Waals surface area contributed by atoms with Gasteiger partial charge >= 0.3 is 0 Å². The number of carbonyl (C=O) groups is 1. The lowest BCUT2D eigenvalue weighted by Gasteiger charge is -2.15. The number of hydrogen-bond acceptors (Lipinski definition) is 6. The Morgan fingerprint density at radius 2 is 1.95 bits per heavy atom. The second kappa shape index (κ2) is 6.71. The third-order valence-corrected chi connectivity index (χ3v) is 3.48. The van der Waals surface area contributed by atoms with E-state index in [0.717, 1.165) is 30.0 Å². The first kappa shape index (κ1) is 15.5. The summed E-state index contributed by atoms with van der Waals surface area (Å²) >= 11 is 0. The van der Waals surface area contributed by atoms with Gasteiger partial charge in [-0.25, -0.2) is 15.8 Å². The first-order valence-electron chi connectivity index (χ1n) is 7.39. The van der Waals surface area contributed by atoms with Crippen molar-refractivity contribution in [3.05, 3.63) is 11.4 Å². The van der Waals surface area contributed by atoms with E-state index in [1.165, 1.54) is 0 Å². The second-order valence-electron chi connectivity index (χ2n) is 5.70. The van der Waals surface area contributed by atoms with Crippen LogP contribution in [0.15, 0.2) is 0 Å². The van der Waals surface area contributed by atoms with Crippen LogP contribution < -0.4 is 21.9 Å². The number of nitrogens with one attached hydrogen (secondary N) is 3. The zero-order valence-electron chi connectivity index (χ0n) is 12.9. The highest BCUT2D eigenvalue weighted by atomic mass is 16.2. The van der Waals surface area contributed by atoms with Gasteiger partial charge in [0, 0.05) is 30.5 Å².